The van der Waals surface area contributed by atoms with Crippen LogP contribution in [0.2, 0.25) is 0 Å². The summed E-state index contributed by atoms with van der Waals surface area (Å²) in [4.78, 5) is 10.3. The Balaban J connectivity index is 1.53. The van der Waals surface area contributed by atoms with Crippen molar-refractivity contribution in [1.29, 1.82) is 0 Å². The first-order valence-corrected chi connectivity index (χ1v) is 12.3. The topological polar surface area (TPSA) is 53.0 Å². The number of likely N-dealkylation sites (N-methyl/N-ethyl adjacent to an activating group) is 1. The maximum atomic E-state index is 11.7. The number of sulfone groups is 1. The van der Waals surface area contributed by atoms with Gasteiger partial charge in [0.05, 0.1) is 23.1 Å². The molecule has 3 aliphatic heterocycles. The van der Waals surface area contributed by atoms with Crippen LogP contribution in [0.15, 0.2) is 34.2 Å². The maximum absolute atomic E-state index is 11.7. The molecule has 0 amide bonds. The fraction of sp³-hybridized carbons (Fsp3) is 0.632. The highest BCUT2D eigenvalue weighted by Gasteiger charge is 2.42. The highest BCUT2D eigenvalue weighted by Crippen LogP contribution is 2.35. The van der Waals surface area contributed by atoms with E-state index >= 15 is 0 Å². The number of thioether (sulfide) groups is 1. The molecular weight excluding hydrogens is 366 g/mol. The first kappa shape index (κ1) is 18.5. The van der Waals surface area contributed by atoms with Gasteiger partial charge in [0.1, 0.15) is 0 Å². The molecule has 1 aromatic carbocycles. The number of nitrogens with zero attached hydrogens (tertiary/aromatic N) is 3. The van der Waals surface area contributed by atoms with E-state index in [1.165, 1.54) is 24.9 Å². The molecule has 0 N–H and O–H groups in total. The number of hydrogen-bond acceptors (Lipinski definition) is 6. The van der Waals surface area contributed by atoms with Crippen LogP contribution >= 0.6 is 11.8 Å². The van der Waals surface area contributed by atoms with Gasteiger partial charge in [-0.25, -0.2) is 8.42 Å². The number of fused-ring (bicyclic) bond motifs is 1. The van der Waals surface area contributed by atoms with Gasteiger partial charge in [0.2, 0.25) is 0 Å². The predicted octanol–water partition coefficient (Wildman–Crippen LogP) is 2.44. The van der Waals surface area contributed by atoms with Gasteiger partial charge < -0.3 is 0 Å². The fourth-order valence-electron chi connectivity index (χ4n) is 4.45. The average Bonchev–Trinajstić information content (AvgIpc) is 3.25. The third kappa shape index (κ3) is 3.59. The van der Waals surface area contributed by atoms with Crippen molar-refractivity contribution in [2.45, 2.75) is 47.7 Å². The van der Waals surface area contributed by atoms with E-state index in [2.05, 4.69) is 28.6 Å². The molecule has 0 spiro atoms. The minimum atomic E-state index is -3.16. The third-order valence-electron chi connectivity index (χ3n) is 5.82. The number of likely N-dealkylation sites (tertiary alicyclic amines) is 1. The van der Waals surface area contributed by atoms with Crippen molar-refractivity contribution in [3.8, 4) is 0 Å². The van der Waals surface area contributed by atoms with Gasteiger partial charge in [-0.2, -0.15) is 11.8 Å². The van der Waals surface area contributed by atoms with Gasteiger partial charge in [-0.05, 0) is 49.8 Å². The Kier molecular flexibility index (Phi) is 5.16. The van der Waals surface area contributed by atoms with Crippen LogP contribution in [0.25, 0.3) is 0 Å². The predicted molar refractivity (Wildman–Crippen MR) is 108 cm³/mol. The van der Waals surface area contributed by atoms with E-state index in [1.807, 2.05) is 18.3 Å². The van der Waals surface area contributed by atoms with E-state index in [4.69, 9.17) is 4.99 Å². The van der Waals surface area contributed by atoms with Crippen LogP contribution in [-0.4, -0.2) is 74.0 Å². The summed E-state index contributed by atoms with van der Waals surface area (Å²) in [5.74, 6) is 1.30. The molecule has 3 heterocycles. The summed E-state index contributed by atoms with van der Waals surface area (Å²) < 4.78 is 23.4. The lowest BCUT2D eigenvalue weighted by molar-refractivity contribution is 0.0675. The van der Waals surface area contributed by atoms with Crippen molar-refractivity contribution in [1.82, 2.24) is 9.80 Å². The van der Waals surface area contributed by atoms with Gasteiger partial charge in [-0.3, -0.25) is 14.8 Å². The number of rotatable bonds is 4. The monoisotopic (exact) mass is 393 g/mol. The SMILES string of the molecule is CN1C(c2ccc(S(C)(=O)=O)cc2)C=NC2CCN(CC3CCCS3)C21. The summed E-state index contributed by atoms with van der Waals surface area (Å²) >= 11 is 2.12. The number of benzene rings is 1. The van der Waals surface area contributed by atoms with Crippen LogP contribution in [0.5, 0.6) is 0 Å². The molecule has 0 aromatic heterocycles. The molecule has 7 heteroatoms. The molecule has 142 valence electrons. The van der Waals surface area contributed by atoms with Gasteiger partial charge in [-0.1, -0.05) is 12.1 Å². The normalized spacial score (nSPS) is 32.8. The van der Waals surface area contributed by atoms with Crippen LogP contribution in [0.4, 0.5) is 0 Å². The Bertz CT molecular complexity index is 772. The Hall–Kier alpha value is -0.890. The van der Waals surface area contributed by atoms with Crippen LogP contribution in [0.1, 0.15) is 30.9 Å². The summed E-state index contributed by atoms with van der Waals surface area (Å²) in [6, 6.07) is 7.73. The summed E-state index contributed by atoms with van der Waals surface area (Å²) in [6.07, 6.45) is 7.45. The molecule has 0 bridgehead atoms. The maximum Gasteiger partial charge on any atom is 0.175 e. The molecule has 1 aromatic rings. The second-order valence-corrected chi connectivity index (χ2v) is 11.1. The highest BCUT2D eigenvalue weighted by atomic mass is 32.2. The van der Waals surface area contributed by atoms with E-state index in [0.29, 0.717) is 17.1 Å². The molecule has 4 rings (SSSR count). The highest BCUT2D eigenvalue weighted by molar-refractivity contribution is 8.00. The summed E-state index contributed by atoms with van der Waals surface area (Å²) in [5.41, 5.74) is 1.10. The molecular formula is C19H27N3O2S2. The fourth-order valence-corrected chi connectivity index (χ4v) is 6.38. The molecule has 26 heavy (non-hydrogen) atoms. The van der Waals surface area contributed by atoms with Gasteiger partial charge >= 0.3 is 0 Å². The summed E-state index contributed by atoms with van der Waals surface area (Å²) in [6.45, 7) is 2.28. The summed E-state index contributed by atoms with van der Waals surface area (Å²) in [7, 11) is -0.979. The lowest BCUT2D eigenvalue weighted by Gasteiger charge is -2.41. The zero-order valence-corrected chi connectivity index (χ0v) is 17.0. The van der Waals surface area contributed by atoms with Crippen molar-refractivity contribution in [2.75, 3.05) is 32.1 Å². The van der Waals surface area contributed by atoms with Crippen molar-refractivity contribution in [3.05, 3.63) is 29.8 Å². The smallest absolute Gasteiger partial charge is 0.175 e. The Morgan fingerprint density at radius 2 is 2.00 bits per heavy atom. The Morgan fingerprint density at radius 3 is 2.65 bits per heavy atom. The molecule has 5 nitrogen and oxygen atoms in total. The first-order chi connectivity index (χ1) is 12.4. The quantitative estimate of drug-likeness (QED) is 0.786. The average molecular weight is 394 g/mol. The molecule has 2 fully saturated rings. The number of hydrogen-bond donors (Lipinski definition) is 0. The lowest BCUT2D eigenvalue weighted by Crippen LogP contribution is -2.52. The van der Waals surface area contributed by atoms with Gasteiger partial charge in [0.25, 0.3) is 0 Å². The van der Waals surface area contributed by atoms with E-state index in [9.17, 15) is 8.42 Å². The molecule has 3 aliphatic rings. The third-order valence-corrected chi connectivity index (χ3v) is 8.33. The van der Waals surface area contributed by atoms with Crippen molar-refractivity contribution in [2.24, 2.45) is 4.99 Å². The van der Waals surface area contributed by atoms with E-state index in [-0.39, 0.29) is 6.04 Å². The van der Waals surface area contributed by atoms with Crippen LogP contribution < -0.4 is 0 Å². The zero-order valence-electron chi connectivity index (χ0n) is 15.4. The van der Waals surface area contributed by atoms with Gasteiger partial charge in [0.15, 0.2) is 9.84 Å². The van der Waals surface area contributed by atoms with E-state index in [1.54, 1.807) is 12.1 Å². The van der Waals surface area contributed by atoms with Gasteiger partial charge in [-0.15, -0.1) is 0 Å². The molecule has 4 unspecified atom stereocenters. The van der Waals surface area contributed by atoms with E-state index < -0.39 is 9.84 Å². The van der Waals surface area contributed by atoms with E-state index in [0.717, 1.165) is 30.3 Å². The largest absolute Gasteiger partial charge is 0.289 e. The number of aliphatic imine (C=N–C) groups is 1. The molecule has 2 saturated heterocycles. The second-order valence-electron chi connectivity index (χ2n) is 7.65. The molecule has 0 saturated carbocycles. The Labute approximate surface area is 160 Å². The summed E-state index contributed by atoms with van der Waals surface area (Å²) in [5, 5.41) is 0.764. The van der Waals surface area contributed by atoms with Gasteiger partial charge in [0, 0.05) is 30.8 Å². The standard InChI is InChI=1S/C19H27N3O2S2/c1-21-18(14-5-7-16(8-6-14)26(2,23)24)12-20-17-9-10-22(19(17)21)13-15-4-3-11-25-15/h5-8,12,15,17-19H,3-4,9-11,13H2,1-2H3. The van der Waals surface area contributed by atoms with Crippen LogP contribution in [-0.2, 0) is 9.84 Å². The van der Waals surface area contributed by atoms with Crippen molar-refractivity contribution < 1.29 is 8.42 Å². The van der Waals surface area contributed by atoms with Crippen LogP contribution in [0.3, 0.4) is 0 Å². The molecule has 0 aliphatic carbocycles. The second kappa shape index (κ2) is 7.26. The minimum Gasteiger partial charge on any atom is -0.289 e. The minimum absolute atomic E-state index is 0.0988. The molecule has 4 atom stereocenters. The van der Waals surface area contributed by atoms with Crippen molar-refractivity contribution in [3.63, 3.8) is 0 Å². The zero-order chi connectivity index (χ0) is 18.3. The Morgan fingerprint density at radius 1 is 1.23 bits per heavy atom. The first-order valence-electron chi connectivity index (χ1n) is 9.34. The lowest BCUT2D eigenvalue weighted by atomic mass is 10.0. The molecule has 0 radical (unpaired) electrons. The van der Waals surface area contributed by atoms with Crippen molar-refractivity contribution >= 4 is 27.8 Å². The van der Waals surface area contributed by atoms with Crippen LogP contribution in [0, 0.1) is 0 Å².